The zero-order valence-corrected chi connectivity index (χ0v) is 16.2. The summed E-state index contributed by atoms with van der Waals surface area (Å²) in [6.45, 7) is 3.95. The van der Waals surface area contributed by atoms with Gasteiger partial charge < -0.3 is 9.84 Å². The number of aromatic hydroxyl groups is 1. The lowest BCUT2D eigenvalue weighted by atomic mass is 10.00. The van der Waals surface area contributed by atoms with Crippen LogP contribution in [-0.4, -0.2) is 23.5 Å². The second kappa shape index (κ2) is 8.90. The van der Waals surface area contributed by atoms with Crippen molar-refractivity contribution in [2.75, 3.05) is 6.61 Å². The van der Waals surface area contributed by atoms with Gasteiger partial charge in [-0.15, -0.1) is 0 Å². The Morgan fingerprint density at radius 1 is 0.862 bits per heavy atom. The van der Waals surface area contributed by atoms with Gasteiger partial charge in [-0.3, -0.25) is 4.79 Å². The van der Waals surface area contributed by atoms with Crippen molar-refractivity contribution < 1.29 is 19.4 Å². The summed E-state index contributed by atoms with van der Waals surface area (Å²) in [5.74, 6) is 5.44. The van der Waals surface area contributed by atoms with E-state index in [4.69, 9.17) is 4.74 Å². The van der Waals surface area contributed by atoms with Gasteiger partial charge >= 0.3 is 5.97 Å². The maximum absolute atomic E-state index is 12.6. The molecule has 0 saturated heterocycles. The molecular weight excluding hydrogens is 364 g/mol. The number of hydrogen-bond donors (Lipinski definition) is 1. The van der Waals surface area contributed by atoms with Gasteiger partial charge in [-0.05, 0) is 80.1 Å². The number of rotatable bonds is 4. The van der Waals surface area contributed by atoms with Gasteiger partial charge in [-0.1, -0.05) is 17.9 Å². The summed E-state index contributed by atoms with van der Waals surface area (Å²) < 4.78 is 4.95. The Morgan fingerprint density at radius 3 is 1.93 bits per heavy atom. The van der Waals surface area contributed by atoms with Crippen molar-refractivity contribution in [2.45, 2.75) is 13.8 Å². The van der Waals surface area contributed by atoms with E-state index in [0.29, 0.717) is 17.7 Å². The highest BCUT2D eigenvalue weighted by atomic mass is 16.5. The van der Waals surface area contributed by atoms with Crippen molar-refractivity contribution in [2.24, 2.45) is 0 Å². The van der Waals surface area contributed by atoms with E-state index >= 15 is 0 Å². The predicted octanol–water partition coefficient (Wildman–Crippen LogP) is 4.51. The van der Waals surface area contributed by atoms with Crippen LogP contribution in [0.4, 0.5) is 0 Å². The zero-order valence-electron chi connectivity index (χ0n) is 16.2. The highest BCUT2D eigenvalue weighted by Gasteiger charge is 2.13. The van der Waals surface area contributed by atoms with E-state index in [0.717, 1.165) is 16.7 Å². The Bertz CT molecular complexity index is 1100. The van der Waals surface area contributed by atoms with E-state index in [1.54, 1.807) is 73.7 Å². The predicted molar refractivity (Wildman–Crippen MR) is 111 cm³/mol. The number of benzene rings is 3. The molecule has 29 heavy (non-hydrogen) atoms. The SMILES string of the molecule is CCOC(=O)c1ccc(C#Cc2ccc(C(=O)c3ccc(C)cc3O)cc2)cc1. The molecule has 3 aromatic rings. The average Bonchev–Trinajstić information content (AvgIpc) is 2.73. The monoisotopic (exact) mass is 384 g/mol. The summed E-state index contributed by atoms with van der Waals surface area (Å²) in [6, 6.07) is 18.8. The second-order valence-electron chi connectivity index (χ2n) is 6.47. The van der Waals surface area contributed by atoms with Crippen LogP contribution in [0.1, 0.15) is 49.9 Å². The molecule has 0 atom stereocenters. The van der Waals surface area contributed by atoms with Crippen molar-refractivity contribution in [1.29, 1.82) is 0 Å². The van der Waals surface area contributed by atoms with E-state index in [1.807, 2.05) is 6.92 Å². The molecule has 0 aliphatic carbocycles. The molecule has 3 aromatic carbocycles. The first kappa shape index (κ1) is 19.9. The standard InChI is InChI=1S/C25H20O4/c1-3-29-25(28)21-13-9-19(10-14-21)6-5-18-7-11-20(12-8-18)24(27)22-15-4-17(2)16-23(22)26/h4,7-16,26H,3H2,1-2H3. The number of aryl methyl sites for hydroxylation is 1. The van der Waals surface area contributed by atoms with E-state index < -0.39 is 0 Å². The van der Waals surface area contributed by atoms with E-state index in [1.165, 1.54) is 0 Å². The molecule has 0 spiro atoms. The first-order valence-corrected chi connectivity index (χ1v) is 9.21. The summed E-state index contributed by atoms with van der Waals surface area (Å²) in [5, 5.41) is 10.00. The minimum atomic E-state index is -0.355. The fourth-order valence-corrected chi connectivity index (χ4v) is 2.74. The minimum absolute atomic E-state index is 0.0230. The maximum Gasteiger partial charge on any atom is 0.338 e. The fourth-order valence-electron chi connectivity index (χ4n) is 2.74. The Hall–Kier alpha value is -3.84. The summed E-state index contributed by atoms with van der Waals surface area (Å²) >= 11 is 0. The van der Waals surface area contributed by atoms with Crippen LogP contribution in [0.15, 0.2) is 66.7 Å². The number of esters is 1. The van der Waals surface area contributed by atoms with Crippen molar-refractivity contribution in [3.05, 3.63) is 100 Å². The van der Waals surface area contributed by atoms with Gasteiger partial charge in [0.15, 0.2) is 5.78 Å². The van der Waals surface area contributed by atoms with Gasteiger partial charge in [0.25, 0.3) is 0 Å². The average molecular weight is 384 g/mol. The molecule has 0 aliphatic rings. The number of carbonyl (C=O) groups excluding carboxylic acids is 2. The first-order chi connectivity index (χ1) is 14.0. The lowest BCUT2D eigenvalue weighted by Crippen LogP contribution is -2.04. The molecule has 0 bridgehead atoms. The molecule has 1 N–H and O–H groups in total. The smallest absolute Gasteiger partial charge is 0.338 e. The van der Waals surface area contributed by atoms with Gasteiger partial charge in [0.05, 0.1) is 17.7 Å². The van der Waals surface area contributed by atoms with Crippen LogP contribution in [0.5, 0.6) is 5.75 Å². The third kappa shape index (κ3) is 4.91. The number of phenols is 1. The molecule has 4 heteroatoms. The van der Waals surface area contributed by atoms with E-state index in [2.05, 4.69) is 11.8 Å². The third-order valence-corrected chi connectivity index (χ3v) is 4.29. The van der Waals surface area contributed by atoms with Gasteiger partial charge in [0.2, 0.25) is 0 Å². The topological polar surface area (TPSA) is 63.6 Å². The molecule has 0 aromatic heterocycles. The number of phenolic OH excluding ortho intramolecular Hbond substituents is 1. The first-order valence-electron chi connectivity index (χ1n) is 9.21. The van der Waals surface area contributed by atoms with Crippen LogP contribution < -0.4 is 0 Å². The molecule has 0 radical (unpaired) electrons. The summed E-state index contributed by atoms with van der Waals surface area (Å²) in [7, 11) is 0. The van der Waals surface area contributed by atoms with Gasteiger partial charge in [0, 0.05) is 16.7 Å². The summed E-state index contributed by atoms with van der Waals surface area (Å²) in [5.41, 5.74) is 3.65. The minimum Gasteiger partial charge on any atom is -0.507 e. The molecule has 0 unspecified atom stereocenters. The Labute approximate surface area is 169 Å². The van der Waals surface area contributed by atoms with Crippen LogP contribution >= 0.6 is 0 Å². The van der Waals surface area contributed by atoms with Crippen LogP contribution in [-0.2, 0) is 4.74 Å². The molecular formula is C25H20O4. The molecule has 0 saturated carbocycles. The van der Waals surface area contributed by atoms with Gasteiger partial charge in [-0.25, -0.2) is 4.79 Å². The number of ether oxygens (including phenoxy) is 1. The lowest BCUT2D eigenvalue weighted by Gasteiger charge is -2.05. The molecule has 0 aliphatic heterocycles. The van der Waals surface area contributed by atoms with E-state index in [-0.39, 0.29) is 23.1 Å². The summed E-state index contributed by atoms with van der Waals surface area (Å²) in [6.07, 6.45) is 0. The number of carbonyl (C=O) groups is 2. The second-order valence-corrected chi connectivity index (χ2v) is 6.47. The van der Waals surface area contributed by atoms with Crippen molar-refractivity contribution in [3.63, 3.8) is 0 Å². The van der Waals surface area contributed by atoms with E-state index in [9.17, 15) is 14.7 Å². The fraction of sp³-hybridized carbons (Fsp3) is 0.120. The Morgan fingerprint density at radius 2 is 1.41 bits per heavy atom. The number of hydrogen-bond acceptors (Lipinski definition) is 4. The van der Waals surface area contributed by atoms with Crippen LogP contribution in [0.2, 0.25) is 0 Å². The third-order valence-electron chi connectivity index (χ3n) is 4.29. The molecule has 0 amide bonds. The quantitative estimate of drug-likeness (QED) is 0.408. The Balaban J connectivity index is 1.73. The maximum atomic E-state index is 12.6. The normalized spacial score (nSPS) is 10.0. The van der Waals surface area contributed by atoms with Gasteiger partial charge in [0.1, 0.15) is 5.75 Å². The van der Waals surface area contributed by atoms with Crippen LogP contribution in [0, 0.1) is 18.8 Å². The molecule has 0 fully saturated rings. The van der Waals surface area contributed by atoms with Crippen molar-refractivity contribution in [1.82, 2.24) is 0 Å². The Kier molecular flexibility index (Phi) is 6.11. The highest BCUT2D eigenvalue weighted by Crippen LogP contribution is 2.22. The van der Waals surface area contributed by atoms with Crippen molar-refractivity contribution >= 4 is 11.8 Å². The number of ketones is 1. The van der Waals surface area contributed by atoms with Gasteiger partial charge in [-0.2, -0.15) is 0 Å². The molecule has 0 heterocycles. The molecule has 3 rings (SSSR count). The summed E-state index contributed by atoms with van der Waals surface area (Å²) in [4.78, 5) is 24.2. The zero-order chi connectivity index (χ0) is 20.8. The van der Waals surface area contributed by atoms with Crippen molar-refractivity contribution in [3.8, 4) is 17.6 Å². The molecule has 144 valence electrons. The largest absolute Gasteiger partial charge is 0.507 e. The lowest BCUT2D eigenvalue weighted by molar-refractivity contribution is 0.0526. The van der Waals surface area contributed by atoms with Crippen LogP contribution in [0.3, 0.4) is 0 Å². The highest BCUT2D eigenvalue weighted by molar-refractivity contribution is 6.10. The van der Waals surface area contributed by atoms with Crippen LogP contribution in [0.25, 0.3) is 0 Å². The molecule has 4 nitrogen and oxygen atoms in total.